The number of hydrogen-bond donors (Lipinski definition) is 0. The largest absolute Gasteiger partial charge is 0.493 e. The van der Waals surface area contributed by atoms with Gasteiger partial charge >= 0.3 is 0 Å². The molecule has 0 aliphatic rings. The second-order valence-electron chi connectivity index (χ2n) is 3.34. The van der Waals surface area contributed by atoms with E-state index in [0.29, 0.717) is 17.1 Å². The number of nitrogens with zero attached hydrogens (tertiary/aromatic N) is 2. The maximum Gasteiger partial charge on any atom is 0.283 e. The minimum atomic E-state index is -0.330. The van der Waals surface area contributed by atoms with Crippen molar-refractivity contribution in [3.8, 4) is 17.6 Å². The van der Waals surface area contributed by atoms with Crippen LogP contribution in [0.5, 0.6) is 11.5 Å². The summed E-state index contributed by atoms with van der Waals surface area (Å²) in [6.07, 6.45) is 0. The van der Waals surface area contributed by atoms with Gasteiger partial charge in [-0.25, -0.2) is 5.06 Å². The molecule has 0 unspecified atom stereocenters. The second kappa shape index (κ2) is 6.47. The zero-order valence-electron chi connectivity index (χ0n) is 10.5. The van der Waals surface area contributed by atoms with Crippen LogP contribution in [0.4, 0.5) is 0 Å². The van der Waals surface area contributed by atoms with E-state index in [1.807, 2.05) is 6.07 Å². The lowest BCUT2D eigenvalue weighted by Crippen LogP contribution is -2.30. The molecule has 0 atom stereocenters. The molecule has 0 radical (unpaired) electrons. The highest BCUT2D eigenvalue weighted by molar-refractivity contribution is 5.76. The van der Waals surface area contributed by atoms with Crippen molar-refractivity contribution in [1.82, 2.24) is 5.06 Å². The van der Waals surface area contributed by atoms with Crippen molar-refractivity contribution in [3.63, 3.8) is 0 Å². The minimum absolute atomic E-state index is 0.174. The van der Waals surface area contributed by atoms with Crippen LogP contribution in [0.2, 0.25) is 0 Å². The third-order valence-electron chi connectivity index (χ3n) is 2.27. The number of methoxy groups -OCH3 is 1. The van der Waals surface area contributed by atoms with Crippen LogP contribution in [0.25, 0.3) is 0 Å². The third kappa shape index (κ3) is 3.37. The van der Waals surface area contributed by atoms with E-state index in [9.17, 15) is 4.79 Å². The highest BCUT2D eigenvalue weighted by atomic mass is 16.7. The Labute approximate surface area is 105 Å². The molecule has 0 aliphatic carbocycles. The van der Waals surface area contributed by atoms with Crippen LogP contribution in [0.3, 0.4) is 0 Å². The summed E-state index contributed by atoms with van der Waals surface area (Å²) in [6.45, 7) is -0.174. The van der Waals surface area contributed by atoms with Gasteiger partial charge in [-0.15, -0.1) is 0 Å². The van der Waals surface area contributed by atoms with Gasteiger partial charge < -0.3 is 9.47 Å². The van der Waals surface area contributed by atoms with Gasteiger partial charge in [0.1, 0.15) is 0 Å². The SMILES string of the molecule is COc1cc(C#N)ccc1OCC(=O)N(C)OC. The average Bonchev–Trinajstić information content (AvgIpc) is 2.43. The Morgan fingerprint density at radius 2 is 2.11 bits per heavy atom. The summed E-state index contributed by atoms with van der Waals surface area (Å²) >= 11 is 0. The molecule has 0 heterocycles. The van der Waals surface area contributed by atoms with E-state index >= 15 is 0 Å². The first kappa shape index (κ1) is 13.8. The van der Waals surface area contributed by atoms with Crippen molar-refractivity contribution in [3.05, 3.63) is 23.8 Å². The molecule has 0 aliphatic heterocycles. The van der Waals surface area contributed by atoms with Crippen LogP contribution >= 0.6 is 0 Å². The Hall–Kier alpha value is -2.26. The maximum absolute atomic E-state index is 11.5. The molecule has 0 spiro atoms. The number of ether oxygens (including phenoxy) is 2. The number of nitriles is 1. The number of rotatable bonds is 5. The van der Waals surface area contributed by atoms with Crippen LogP contribution in [0.1, 0.15) is 5.56 Å². The lowest BCUT2D eigenvalue weighted by Gasteiger charge is -2.15. The molecule has 0 saturated heterocycles. The molecular formula is C12H14N2O4. The van der Waals surface area contributed by atoms with Crippen molar-refractivity contribution < 1.29 is 19.1 Å². The Kier molecular flexibility index (Phi) is 4.96. The normalized spacial score (nSPS) is 9.44. The predicted molar refractivity (Wildman–Crippen MR) is 63.0 cm³/mol. The van der Waals surface area contributed by atoms with Crippen LogP contribution in [0.15, 0.2) is 18.2 Å². The smallest absolute Gasteiger partial charge is 0.283 e. The van der Waals surface area contributed by atoms with Crippen molar-refractivity contribution >= 4 is 5.91 Å². The first-order valence-corrected chi connectivity index (χ1v) is 5.14. The number of benzene rings is 1. The first-order chi connectivity index (χ1) is 8.62. The number of carbonyl (C=O) groups excluding carboxylic acids is 1. The van der Waals surface area contributed by atoms with Crippen molar-refractivity contribution in [2.45, 2.75) is 0 Å². The van der Waals surface area contributed by atoms with Crippen LogP contribution in [-0.4, -0.2) is 38.8 Å². The van der Waals surface area contributed by atoms with E-state index < -0.39 is 0 Å². The monoisotopic (exact) mass is 250 g/mol. The lowest BCUT2D eigenvalue weighted by molar-refractivity contribution is -0.170. The number of hydroxylamine groups is 2. The summed E-state index contributed by atoms with van der Waals surface area (Å²) in [5.74, 6) is 0.472. The topological polar surface area (TPSA) is 71.8 Å². The zero-order chi connectivity index (χ0) is 13.5. The van der Waals surface area contributed by atoms with E-state index in [2.05, 4.69) is 0 Å². The summed E-state index contributed by atoms with van der Waals surface area (Å²) in [4.78, 5) is 16.2. The molecule has 6 nitrogen and oxygen atoms in total. The van der Waals surface area contributed by atoms with Gasteiger partial charge in [0, 0.05) is 13.1 Å². The first-order valence-electron chi connectivity index (χ1n) is 5.14. The highest BCUT2D eigenvalue weighted by Gasteiger charge is 2.11. The van der Waals surface area contributed by atoms with E-state index in [-0.39, 0.29) is 12.5 Å². The van der Waals surface area contributed by atoms with Crippen molar-refractivity contribution in [1.29, 1.82) is 5.26 Å². The Morgan fingerprint density at radius 1 is 1.39 bits per heavy atom. The standard InChI is InChI=1S/C12H14N2O4/c1-14(17-3)12(15)8-18-10-5-4-9(7-13)6-11(10)16-2/h4-6H,8H2,1-3H3. The van der Waals surface area contributed by atoms with Gasteiger partial charge in [0.15, 0.2) is 18.1 Å². The third-order valence-corrected chi connectivity index (χ3v) is 2.27. The maximum atomic E-state index is 11.5. The molecule has 6 heteroatoms. The van der Waals surface area contributed by atoms with Crippen LogP contribution in [0, 0.1) is 11.3 Å². The van der Waals surface area contributed by atoms with Crippen molar-refractivity contribution in [2.75, 3.05) is 27.9 Å². The summed E-state index contributed by atoms with van der Waals surface area (Å²) in [5.41, 5.74) is 0.458. The molecule has 1 aromatic carbocycles. The van der Waals surface area contributed by atoms with Gasteiger partial charge in [-0.3, -0.25) is 9.63 Å². The van der Waals surface area contributed by atoms with E-state index in [4.69, 9.17) is 19.6 Å². The molecule has 0 aromatic heterocycles. The molecule has 96 valence electrons. The second-order valence-corrected chi connectivity index (χ2v) is 3.34. The summed E-state index contributed by atoms with van der Waals surface area (Å²) in [6, 6.07) is 6.70. The van der Waals surface area contributed by atoms with E-state index in [1.165, 1.54) is 21.3 Å². The fourth-order valence-corrected chi connectivity index (χ4v) is 1.19. The number of likely N-dealkylation sites (N-methyl/N-ethyl adjacent to an activating group) is 1. The van der Waals surface area contributed by atoms with Gasteiger partial charge in [0.05, 0.1) is 25.9 Å². The molecular weight excluding hydrogens is 236 g/mol. The molecule has 1 rings (SSSR count). The van der Waals surface area contributed by atoms with Gasteiger partial charge in [0.25, 0.3) is 5.91 Å². The van der Waals surface area contributed by atoms with Gasteiger partial charge in [-0.1, -0.05) is 0 Å². The van der Waals surface area contributed by atoms with E-state index in [1.54, 1.807) is 18.2 Å². The molecule has 18 heavy (non-hydrogen) atoms. The lowest BCUT2D eigenvalue weighted by atomic mass is 10.2. The van der Waals surface area contributed by atoms with E-state index in [0.717, 1.165) is 5.06 Å². The molecule has 0 fully saturated rings. The molecule has 0 N–H and O–H groups in total. The summed E-state index contributed by atoms with van der Waals surface area (Å²) < 4.78 is 10.4. The molecule has 0 bridgehead atoms. The molecule has 1 amide bonds. The summed E-state index contributed by atoms with van der Waals surface area (Å²) in [7, 11) is 4.34. The number of carbonyl (C=O) groups is 1. The predicted octanol–water partition coefficient (Wildman–Crippen LogP) is 0.965. The quantitative estimate of drug-likeness (QED) is 0.728. The Bertz CT molecular complexity index is 468. The Morgan fingerprint density at radius 3 is 2.67 bits per heavy atom. The highest BCUT2D eigenvalue weighted by Crippen LogP contribution is 2.27. The summed E-state index contributed by atoms with van der Waals surface area (Å²) in [5, 5.41) is 9.81. The van der Waals surface area contributed by atoms with Gasteiger partial charge in [0.2, 0.25) is 0 Å². The molecule has 1 aromatic rings. The molecule has 0 saturated carbocycles. The van der Waals surface area contributed by atoms with Crippen LogP contribution in [-0.2, 0) is 9.63 Å². The van der Waals surface area contributed by atoms with Crippen molar-refractivity contribution in [2.24, 2.45) is 0 Å². The number of hydrogen-bond acceptors (Lipinski definition) is 5. The number of amides is 1. The van der Waals surface area contributed by atoms with Crippen LogP contribution < -0.4 is 9.47 Å². The van der Waals surface area contributed by atoms with Gasteiger partial charge in [-0.2, -0.15) is 5.26 Å². The Balaban J connectivity index is 2.73. The van der Waals surface area contributed by atoms with Gasteiger partial charge in [-0.05, 0) is 12.1 Å². The zero-order valence-corrected chi connectivity index (χ0v) is 10.5. The fourth-order valence-electron chi connectivity index (χ4n) is 1.19. The average molecular weight is 250 g/mol. The minimum Gasteiger partial charge on any atom is -0.493 e. The fraction of sp³-hybridized carbons (Fsp3) is 0.333.